The van der Waals surface area contributed by atoms with Crippen LogP contribution in [-0.4, -0.2) is 53.1 Å². The molecule has 3 rings (SSSR count). The summed E-state index contributed by atoms with van der Waals surface area (Å²) in [6.07, 6.45) is 5.19. The number of nitrogens with zero attached hydrogens (tertiary/aromatic N) is 5. The summed E-state index contributed by atoms with van der Waals surface area (Å²) in [5.74, 6) is 1.68. The number of piperazine rings is 1. The number of anilines is 1. The van der Waals surface area contributed by atoms with Crippen molar-refractivity contribution in [2.24, 2.45) is 0 Å². The average Bonchev–Trinajstić information content (AvgIpc) is 2.56. The van der Waals surface area contributed by atoms with Gasteiger partial charge in [0, 0.05) is 51.2 Å². The molecule has 0 saturated carbocycles. The molecule has 1 aliphatic heterocycles. The summed E-state index contributed by atoms with van der Waals surface area (Å²) >= 11 is 0. The van der Waals surface area contributed by atoms with E-state index in [9.17, 15) is 0 Å². The first kappa shape index (κ1) is 13.8. The number of methoxy groups -OCH3 is 1. The van der Waals surface area contributed by atoms with Crippen LogP contribution in [-0.2, 0) is 6.54 Å². The van der Waals surface area contributed by atoms with Crippen molar-refractivity contribution in [2.75, 3.05) is 38.2 Å². The Labute approximate surface area is 124 Å². The largest absolute Gasteiger partial charge is 0.481 e. The standard InChI is InChI=1S/C15H19N5O/c1-21-15-10-13(2-5-17-15)11-19-6-8-20(9-7-19)14-3-4-16-12-18-14/h2-5,10,12H,6-9,11H2,1H3. The third kappa shape index (κ3) is 3.46. The molecule has 0 aromatic carbocycles. The van der Waals surface area contributed by atoms with Gasteiger partial charge in [-0.05, 0) is 17.7 Å². The average molecular weight is 285 g/mol. The Balaban J connectivity index is 1.56. The highest BCUT2D eigenvalue weighted by molar-refractivity contribution is 5.37. The van der Waals surface area contributed by atoms with Crippen LogP contribution in [0.2, 0.25) is 0 Å². The van der Waals surface area contributed by atoms with Crippen molar-refractivity contribution in [3.05, 3.63) is 42.5 Å². The summed E-state index contributed by atoms with van der Waals surface area (Å²) < 4.78 is 5.17. The summed E-state index contributed by atoms with van der Waals surface area (Å²) in [6.45, 7) is 4.94. The molecular weight excluding hydrogens is 266 g/mol. The molecule has 2 aromatic heterocycles. The van der Waals surface area contributed by atoms with Crippen molar-refractivity contribution in [3.63, 3.8) is 0 Å². The Morgan fingerprint density at radius 3 is 2.67 bits per heavy atom. The minimum absolute atomic E-state index is 0.673. The van der Waals surface area contributed by atoms with E-state index in [0.29, 0.717) is 5.88 Å². The summed E-state index contributed by atoms with van der Waals surface area (Å²) in [4.78, 5) is 17.1. The van der Waals surface area contributed by atoms with Crippen LogP contribution in [0.3, 0.4) is 0 Å². The van der Waals surface area contributed by atoms with Gasteiger partial charge in [-0.25, -0.2) is 15.0 Å². The summed E-state index contributed by atoms with van der Waals surface area (Å²) in [7, 11) is 1.65. The molecule has 0 aliphatic carbocycles. The van der Waals surface area contributed by atoms with E-state index in [1.807, 2.05) is 18.2 Å². The molecule has 110 valence electrons. The van der Waals surface area contributed by atoms with Crippen molar-refractivity contribution >= 4 is 5.82 Å². The Morgan fingerprint density at radius 1 is 1.10 bits per heavy atom. The van der Waals surface area contributed by atoms with Gasteiger partial charge >= 0.3 is 0 Å². The smallest absolute Gasteiger partial charge is 0.213 e. The first-order chi connectivity index (χ1) is 10.3. The van der Waals surface area contributed by atoms with Crippen LogP contribution >= 0.6 is 0 Å². The van der Waals surface area contributed by atoms with E-state index in [4.69, 9.17) is 4.74 Å². The van der Waals surface area contributed by atoms with Crippen LogP contribution in [0.4, 0.5) is 5.82 Å². The molecule has 2 aromatic rings. The molecule has 0 amide bonds. The van der Waals surface area contributed by atoms with E-state index in [1.165, 1.54) is 5.56 Å². The summed E-state index contributed by atoms with van der Waals surface area (Å²) in [5.41, 5.74) is 1.23. The molecular formula is C15H19N5O. The van der Waals surface area contributed by atoms with Gasteiger partial charge in [0.05, 0.1) is 7.11 Å². The quantitative estimate of drug-likeness (QED) is 0.841. The summed E-state index contributed by atoms with van der Waals surface area (Å²) in [5, 5.41) is 0. The maximum Gasteiger partial charge on any atom is 0.213 e. The molecule has 0 unspecified atom stereocenters. The number of hydrogen-bond donors (Lipinski definition) is 0. The lowest BCUT2D eigenvalue weighted by Gasteiger charge is -2.35. The van der Waals surface area contributed by atoms with E-state index in [0.717, 1.165) is 38.5 Å². The molecule has 6 nitrogen and oxygen atoms in total. The fourth-order valence-corrected chi connectivity index (χ4v) is 2.52. The lowest BCUT2D eigenvalue weighted by atomic mass is 10.2. The molecule has 0 spiro atoms. The molecule has 0 radical (unpaired) electrons. The molecule has 1 saturated heterocycles. The van der Waals surface area contributed by atoms with Crippen LogP contribution in [0.5, 0.6) is 5.88 Å². The molecule has 0 bridgehead atoms. The molecule has 1 fully saturated rings. The third-order valence-electron chi connectivity index (χ3n) is 3.68. The normalized spacial score (nSPS) is 16.0. The Hall–Kier alpha value is -2.21. The van der Waals surface area contributed by atoms with Crippen molar-refractivity contribution < 1.29 is 4.74 Å². The van der Waals surface area contributed by atoms with Gasteiger partial charge in [0.2, 0.25) is 5.88 Å². The minimum Gasteiger partial charge on any atom is -0.481 e. The predicted octanol–water partition coefficient (Wildman–Crippen LogP) is 1.20. The van der Waals surface area contributed by atoms with E-state index in [2.05, 4.69) is 24.8 Å². The fraction of sp³-hybridized carbons (Fsp3) is 0.400. The Morgan fingerprint density at radius 2 is 1.95 bits per heavy atom. The Bertz CT molecular complexity index is 569. The van der Waals surface area contributed by atoms with Gasteiger partial charge in [-0.1, -0.05) is 0 Å². The zero-order valence-electron chi connectivity index (χ0n) is 12.1. The van der Waals surface area contributed by atoms with Crippen LogP contribution in [0, 0.1) is 0 Å². The van der Waals surface area contributed by atoms with Gasteiger partial charge in [0.1, 0.15) is 12.1 Å². The van der Waals surface area contributed by atoms with Crippen LogP contribution in [0.15, 0.2) is 36.9 Å². The van der Waals surface area contributed by atoms with Gasteiger partial charge in [-0.15, -0.1) is 0 Å². The first-order valence-corrected chi connectivity index (χ1v) is 7.07. The van der Waals surface area contributed by atoms with Gasteiger partial charge in [0.25, 0.3) is 0 Å². The van der Waals surface area contributed by atoms with Gasteiger partial charge in [0.15, 0.2) is 0 Å². The monoisotopic (exact) mass is 285 g/mol. The maximum absolute atomic E-state index is 5.17. The van der Waals surface area contributed by atoms with Crippen molar-refractivity contribution in [3.8, 4) is 5.88 Å². The number of hydrogen-bond acceptors (Lipinski definition) is 6. The van der Waals surface area contributed by atoms with Gasteiger partial charge in [-0.3, -0.25) is 4.90 Å². The zero-order valence-corrected chi connectivity index (χ0v) is 12.1. The van der Waals surface area contributed by atoms with Crippen LogP contribution in [0.1, 0.15) is 5.56 Å². The fourth-order valence-electron chi connectivity index (χ4n) is 2.52. The zero-order chi connectivity index (χ0) is 14.5. The van der Waals surface area contributed by atoms with E-state index >= 15 is 0 Å². The highest BCUT2D eigenvalue weighted by atomic mass is 16.5. The first-order valence-electron chi connectivity index (χ1n) is 7.07. The van der Waals surface area contributed by atoms with Gasteiger partial charge < -0.3 is 9.64 Å². The van der Waals surface area contributed by atoms with Crippen molar-refractivity contribution in [1.82, 2.24) is 19.9 Å². The number of pyridine rings is 1. The molecule has 21 heavy (non-hydrogen) atoms. The second-order valence-corrected chi connectivity index (χ2v) is 5.04. The van der Waals surface area contributed by atoms with Gasteiger partial charge in [-0.2, -0.15) is 0 Å². The van der Waals surface area contributed by atoms with E-state index in [-0.39, 0.29) is 0 Å². The van der Waals surface area contributed by atoms with Crippen molar-refractivity contribution in [1.29, 1.82) is 0 Å². The number of aromatic nitrogens is 3. The second-order valence-electron chi connectivity index (χ2n) is 5.04. The number of ether oxygens (including phenoxy) is 1. The topological polar surface area (TPSA) is 54.4 Å². The molecule has 6 heteroatoms. The lowest BCUT2D eigenvalue weighted by Crippen LogP contribution is -2.46. The Kier molecular flexibility index (Phi) is 4.25. The second kappa shape index (κ2) is 6.49. The summed E-state index contributed by atoms with van der Waals surface area (Å²) in [6, 6.07) is 6.00. The van der Waals surface area contributed by atoms with E-state index in [1.54, 1.807) is 25.8 Å². The number of rotatable bonds is 4. The maximum atomic E-state index is 5.17. The molecule has 3 heterocycles. The van der Waals surface area contributed by atoms with E-state index < -0.39 is 0 Å². The molecule has 0 atom stereocenters. The lowest BCUT2D eigenvalue weighted by molar-refractivity contribution is 0.249. The van der Waals surface area contributed by atoms with Crippen LogP contribution in [0.25, 0.3) is 0 Å². The highest BCUT2D eigenvalue weighted by Gasteiger charge is 2.18. The SMILES string of the molecule is COc1cc(CN2CCN(c3ccncn3)CC2)ccn1. The highest BCUT2D eigenvalue weighted by Crippen LogP contribution is 2.15. The minimum atomic E-state index is 0.673. The molecule has 1 aliphatic rings. The third-order valence-corrected chi connectivity index (χ3v) is 3.68. The van der Waals surface area contributed by atoms with Crippen LogP contribution < -0.4 is 9.64 Å². The van der Waals surface area contributed by atoms with Crippen molar-refractivity contribution in [2.45, 2.75) is 6.54 Å². The molecule has 0 N–H and O–H groups in total. The predicted molar refractivity (Wildman–Crippen MR) is 80.3 cm³/mol.